The minimum atomic E-state index is -3.12. The quantitative estimate of drug-likeness (QED) is 0.858. The van der Waals surface area contributed by atoms with Crippen LogP contribution in [0.25, 0.3) is 0 Å². The maximum absolute atomic E-state index is 12.1. The molecule has 0 unspecified atom stereocenters. The Morgan fingerprint density at radius 1 is 1.05 bits per heavy atom. The fourth-order valence-corrected chi connectivity index (χ4v) is 3.91. The van der Waals surface area contributed by atoms with Crippen molar-refractivity contribution in [1.82, 2.24) is 4.31 Å². The molecule has 4 nitrogen and oxygen atoms in total. The molecule has 1 aliphatic heterocycles. The van der Waals surface area contributed by atoms with Gasteiger partial charge in [0, 0.05) is 31.9 Å². The molecule has 1 heterocycles. The van der Waals surface area contributed by atoms with Crippen LogP contribution in [0.3, 0.4) is 0 Å². The minimum Gasteiger partial charge on any atom is -0.369 e. The molecule has 0 N–H and O–H groups in total. The summed E-state index contributed by atoms with van der Waals surface area (Å²) in [7, 11) is -3.12. The molecule has 1 saturated heterocycles. The SMILES string of the molecule is Cc1ccc(N2CCN(S(=O)(=O)C(C)C)CC2)c(C)c1. The molecule has 0 aromatic heterocycles. The molecule has 0 amide bonds. The standard InChI is InChI=1S/C15H24N2O2S/c1-12(2)20(18,19)17-9-7-16(8-10-17)15-6-5-13(3)11-14(15)4/h5-6,11-12H,7-10H2,1-4H3. The van der Waals surface area contributed by atoms with Crippen molar-refractivity contribution in [2.75, 3.05) is 31.1 Å². The van der Waals surface area contributed by atoms with Gasteiger partial charge in [0.25, 0.3) is 0 Å². The Morgan fingerprint density at radius 2 is 1.65 bits per heavy atom. The summed E-state index contributed by atoms with van der Waals surface area (Å²) in [6.45, 7) is 10.4. The molecule has 5 heteroatoms. The summed E-state index contributed by atoms with van der Waals surface area (Å²) in [5, 5.41) is -0.338. The molecule has 20 heavy (non-hydrogen) atoms. The van der Waals surface area contributed by atoms with Crippen molar-refractivity contribution in [3.8, 4) is 0 Å². The highest BCUT2D eigenvalue weighted by Crippen LogP contribution is 2.23. The average Bonchev–Trinajstić information content (AvgIpc) is 2.38. The Bertz CT molecular complexity index is 574. The van der Waals surface area contributed by atoms with Gasteiger partial charge in [-0.3, -0.25) is 0 Å². The number of aryl methyl sites for hydroxylation is 2. The predicted octanol–water partition coefficient (Wildman–Crippen LogP) is 2.16. The van der Waals surface area contributed by atoms with Gasteiger partial charge in [-0.05, 0) is 39.3 Å². The number of rotatable bonds is 3. The molecule has 112 valence electrons. The van der Waals surface area contributed by atoms with E-state index in [0.717, 1.165) is 13.1 Å². The Hall–Kier alpha value is -1.07. The van der Waals surface area contributed by atoms with Crippen LogP contribution in [0.1, 0.15) is 25.0 Å². The van der Waals surface area contributed by atoms with Crippen molar-refractivity contribution in [3.63, 3.8) is 0 Å². The fraction of sp³-hybridized carbons (Fsp3) is 0.600. The van der Waals surface area contributed by atoms with Gasteiger partial charge in [0.05, 0.1) is 5.25 Å². The second-order valence-electron chi connectivity index (χ2n) is 5.77. The highest BCUT2D eigenvalue weighted by atomic mass is 32.2. The van der Waals surface area contributed by atoms with Gasteiger partial charge in [-0.25, -0.2) is 8.42 Å². The van der Waals surface area contributed by atoms with Gasteiger partial charge in [0.1, 0.15) is 0 Å². The lowest BCUT2D eigenvalue weighted by Gasteiger charge is -2.36. The van der Waals surface area contributed by atoms with Crippen molar-refractivity contribution >= 4 is 15.7 Å². The van der Waals surface area contributed by atoms with E-state index in [4.69, 9.17) is 0 Å². The van der Waals surface area contributed by atoms with Crippen LogP contribution in [0.2, 0.25) is 0 Å². The molecule has 0 aliphatic carbocycles. The summed E-state index contributed by atoms with van der Waals surface area (Å²) in [6.07, 6.45) is 0. The first-order chi connectivity index (χ1) is 9.32. The van der Waals surface area contributed by atoms with E-state index < -0.39 is 10.0 Å². The molecule has 0 saturated carbocycles. The third kappa shape index (κ3) is 2.99. The van der Waals surface area contributed by atoms with Crippen LogP contribution in [0.4, 0.5) is 5.69 Å². The van der Waals surface area contributed by atoms with Crippen LogP contribution in [0, 0.1) is 13.8 Å². The molecule has 0 bridgehead atoms. The van der Waals surface area contributed by atoms with Crippen LogP contribution < -0.4 is 4.90 Å². The minimum absolute atomic E-state index is 0.338. The molecule has 0 atom stereocenters. The number of anilines is 1. The zero-order chi connectivity index (χ0) is 14.9. The van der Waals surface area contributed by atoms with E-state index in [9.17, 15) is 8.42 Å². The second kappa shape index (κ2) is 5.74. The molecule has 1 aromatic carbocycles. The zero-order valence-corrected chi connectivity index (χ0v) is 13.6. The van der Waals surface area contributed by atoms with E-state index in [-0.39, 0.29) is 5.25 Å². The Morgan fingerprint density at radius 3 is 2.15 bits per heavy atom. The van der Waals surface area contributed by atoms with Gasteiger partial charge >= 0.3 is 0 Å². The summed E-state index contributed by atoms with van der Waals surface area (Å²) >= 11 is 0. The predicted molar refractivity (Wildman–Crippen MR) is 83.8 cm³/mol. The maximum atomic E-state index is 12.1. The summed E-state index contributed by atoms with van der Waals surface area (Å²) in [5.41, 5.74) is 3.73. The number of benzene rings is 1. The number of piperazine rings is 1. The van der Waals surface area contributed by atoms with E-state index in [1.807, 2.05) is 0 Å². The molecule has 1 fully saturated rings. The molecule has 2 rings (SSSR count). The third-order valence-corrected chi connectivity index (χ3v) is 6.16. The summed E-state index contributed by atoms with van der Waals surface area (Å²) in [6, 6.07) is 6.42. The number of sulfonamides is 1. The molecular weight excluding hydrogens is 272 g/mol. The van der Waals surface area contributed by atoms with Crippen LogP contribution in [0.5, 0.6) is 0 Å². The van der Waals surface area contributed by atoms with Crippen molar-refractivity contribution in [2.45, 2.75) is 32.9 Å². The Kier molecular flexibility index (Phi) is 4.39. The first-order valence-electron chi connectivity index (χ1n) is 7.13. The maximum Gasteiger partial charge on any atom is 0.216 e. The molecule has 0 radical (unpaired) electrons. The van der Waals surface area contributed by atoms with E-state index >= 15 is 0 Å². The largest absolute Gasteiger partial charge is 0.369 e. The average molecular weight is 296 g/mol. The van der Waals surface area contributed by atoms with E-state index in [1.54, 1.807) is 18.2 Å². The summed E-state index contributed by atoms with van der Waals surface area (Å²) in [5.74, 6) is 0. The highest BCUT2D eigenvalue weighted by Gasteiger charge is 2.29. The van der Waals surface area contributed by atoms with Crippen LogP contribution in [-0.2, 0) is 10.0 Å². The third-order valence-electron chi connectivity index (χ3n) is 3.89. The van der Waals surface area contributed by atoms with Crippen molar-refractivity contribution in [3.05, 3.63) is 29.3 Å². The van der Waals surface area contributed by atoms with E-state index in [2.05, 4.69) is 36.9 Å². The lowest BCUT2D eigenvalue weighted by molar-refractivity contribution is 0.381. The number of hydrogen-bond acceptors (Lipinski definition) is 3. The van der Waals surface area contributed by atoms with Gasteiger partial charge in [-0.15, -0.1) is 0 Å². The monoisotopic (exact) mass is 296 g/mol. The van der Waals surface area contributed by atoms with Crippen LogP contribution >= 0.6 is 0 Å². The van der Waals surface area contributed by atoms with Gasteiger partial charge in [0.2, 0.25) is 10.0 Å². The van der Waals surface area contributed by atoms with E-state index in [1.165, 1.54) is 16.8 Å². The Balaban J connectivity index is 2.08. The topological polar surface area (TPSA) is 40.6 Å². The molecular formula is C15H24N2O2S. The van der Waals surface area contributed by atoms with Crippen LogP contribution in [0.15, 0.2) is 18.2 Å². The van der Waals surface area contributed by atoms with E-state index in [0.29, 0.717) is 13.1 Å². The lowest BCUT2D eigenvalue weighted by Crippen LogP contribution is -2.50. The van der Waals surface area contributed by atoms with Gasteiger partial charge in [0.15, 0.2) is 0 Å². The second-order valence-corrected chi connectivity index (χ2v) is 8.26. The van der Waals surface area contributed by atoms with Crippen molar-refractivity contribution in [2.24, 2.45) is 0 Å². The normalized spacial score (nSPS) is 17.8. The zero-order valence-electron chi connectivity index (χ0n) is 12.8. The molecule has 0 spiro atoms. The summed E-state index contributed by atoms with van der Waals surface area (Å²) in [4.78, 5) is 2.28. The van der Waals surface area contributed by atoms with Crippen molar-refractivity contribution < 1.29 is 8.42 Å². The highest BCUT2D eigenvalue weighted by molar-refractivity contribution is 7.89. The first kappa shape index (κ1) is 15.3. The fourth-order valence-electron chi connectivity index (χ4n) is 2.64. The van der Waals surface area contributed by atoms with Gasteiger partial charge < -0.3 is 4.90 Å². The smallest absolute Gasteiger partial charge is 0.216 e. The molecule has 1 aliphatic rings. The Labute approximate surface area is 122 Å². The van der Waals surface area contributed by atoms with Crippen molar-refractivity contribution in [1.29, 1.82) is 0 Å². The number of hydrogen-bond donors (Lipinski definition) is 0. The molecule has 1 aromatic rings. The first-order valence-corrected chi connectivity index (χ1v) is 8.64. The van der Waals surface area contributed by atoms with Gasteiger partial charge in [-0.2, -0.15) is 4.31 Å². The van der Waals surface area contributed by atoms with Crippen LogP contribution in [-0.4, -0.2) is 44.2 Å². The summed E-state index contributed by atoms with van der Waals surface area (Å²) < 4.78 is 25.9. The van der Waals surface area contributed by atoms with Gasteiger partial charge in [-0.1, -0.05) is 17.7 Å². The lowest BCUT2D eigenvalue weighted by atomic mass is 10.1. The number of nitrogens with zero attached hydrogens (tertiary/aromatic N) is 2.